The Morgan fingerprint density at radius 1 is 1.28 bits per heavy atom. The molecule has 0 aliphatic carbocycles. The molecule has 2 aromatic rings. The van der Waals surface area contributed by atoms with Crippen molar-refractivity contribution in [3.05, 3.63) is 41.3 Å². The van der Waals surface area contributed by atoms with Gasteiger partial charge in [-0.1, -0.05) is 17.7 Å². The van der Waals surface area contributed by atoms with Crippen molar-refractivity contribution in [2.45, 2.75) is 6.42 Å². The summed E-state index contributed by atoms with van der Waals surface area (Å²) in [6, 6.07) is 5.81. The lowest BCUT2D eigenvalue weighted by Gasteiger charge is -2.08. The summed E-state index contributed by atoms with van der Waals surface area (Å²) >= 11 is 5.96. The first-order valence-corrected chi connectivity index (χ1v) is 5.80. The Morgan fingerprint density at radius 2 is 2.17 bits per heavy atom. The van der Waals surface area contributed by atoms with Gasteiger partial charge in [0.1, 0.15) is 5.02 Å². The van der Waals surface area contributed by atoms with Crippen LogP contribution >= 0.6 is 11.6 Å². The maximum absolute atomic E-state index is 5.96. The summed E-state index contributed by atoms with van der Waals surface area (Å²) in [6.07, 6.45) is 4.04. The fourth-order valence-corrected chi connectivity index (χ4v) is 1.57. The quantitative estimate of drug-likeness (QED) is 0.560. The molecule has 7 heteroatoms. The van der Waals surface area contributed by atoms with Gasteiger partial charge in [0.2, 0.25) is 5.95 Å². The summed E-state index contributed by atoms with van der Waals surface area (Å²) in [6.45, 7) is 0.678. The second kappa shape index (κ2) is 6.13. The lowest BCUT2D eigenvalue weighted by atomic mass is 10.3. The number of halogens is 1. The van der Waals surface area contributed by atoms with Crippen molar-refractivity contribution < 1.29 is 0 Å². The molecular formula is C11H13ClN6. The summed E-state index contributed by atoms with van der Waals surface area (Å²) in [5.74, 6) is 6.10. The van der Waals surface area contributed by atoms with Gasteiger partial charge in [0.15, 0.2) is 5.82 Å². The van der Waals surface area contributed by atoms with E-state index in [2.05, 4.69) is 25.7 Å². The van der Waals surface area contributed by atoms with Crippen LogP contribution in [-0.4, -0.2) is 21.5 Å². The molecule has 0 aliphatic rings. The molecule has 0 amide bonds. The van der Waals surface area contributed by atoms with Crippen molar-refractivity contribution >= 4 is 23.4 Å². The Bertz CT molecular complexity index is 504. The van der Waals surface area contributed by atoms with E-state index in [0.29, 0.717) is 23.3 Å². The van der Waals surface area contributed by atoms with E-state index < -0.39 is 0 Å². The molecule has 0 unspecified atom stereocenters. The van der Waals surface area contributed by atoms with Crippen molar-refractivity contribution in [1.29, 1.82) is 0 Å². The zero-order valence-electron chi connectivity index (χ0n) is 9.60. The number of nitrogens with two attached hydrogens (primary N) is 1. The van der Waals surface area contributed by atoms with E-state index in [1.165, 1.54) is 6.20 Å². The average molecular weight is 265 g/mol. The highest BCUT2D eigenvalue weighted by atomic mass is 35.5. The van der Waals surface area contributed by atoms with Crippen molar-refractivity contribution in [2.75, 3.05) is 17.3 Å². The molecular weight excluding hydrogens is 252 g/mol. The van der Waals surface area contributed by atoms with Gasteiger partial charge in [0.05, 0.1) is 6.20 Å². The summed E-state index contributed by atoms with van der Waals surface area (Å²) in [4.78, 5) is 12.2. The maximum atomic E-state index is 5.96. The standard InChI is InChI=1S/C11H13ClN6/c12-9-7-16-11(18-13)17-10(9)15-6-4-8-3-1-2-5-14-8/h1-3,5,7H,4,6,13H2,(H2,15,16,17,18). The molecule has 0 aliphatic heterocycles. The molecule has 0 atom stereocenters. The topological polar surface area (TPSA) is 88.8 Å². The Hall–Kier alpha value is -1.92. The van der Waals surface area contributed by atoms with Crippen LogP contribution in [0, 0.1) is 0 Å². The highest BCUT2D eigenvalue weighted by Crippen LogP contribution is 2.18. The van der Waals surface area contributed by atoms with E-state index in [9.17, 15) is 0 Å². The summed E-state index contributed by atoms with van der Waals surface area (Å²) < 4.78 is 0. The number of nitrogens with zero attached hydrogens (tertiary/aromatic N) is 3. The van der Waals surface area contributed by atoms with Gasteiger partial charge in [0, 0.05) is 24.9 Å². The molecule has 0 radical (unpaired) electrons. The average Bonchev–Trinajstić information content (AvgIpc) is 2.42. The monoisotopic (exact) mass is 264 g/mol. The Kier molecular flexibility index (Phi) is 4.27. The van der Waals surface area contributed by atoms with Crippen LogP contribution in [0.4, 0.5) is 11.8 Å². The second-order valence-corrected chi connectivity index (χ2v) is 3.94. The van der Waals surface area contributed by atoms with E-state index in [0.717, 1.165) is 12.1 Å². The highest BCUT2D eigenvalue weighted by molar-refractivity contribution is 6.32. The zero-order valence-corrected chi connectivity index (χ0v) is 10.4. The molecule has 0 bridgehead atoms. The Labute approximate surface area is 110 Å². The van der Waals surface area contributed by atoms with Crippen LogP contribution in [0.3, 0.4) is 0 Å². The van der Waals surface area contributed by atoms with Crippen LogP contribution in [0.25, 0.3) is 0 Å². The van der Waals surface area contributed by atoms with Gasteiger partial charge in [-0.05, 0) is 12.1 Å². The number of anilines is 2. The number of nitrogens with one attached hydrogen (secondary N) is 2. The fourth-order valence-electron chi connectivity index (χ4n) is 1.42. The minimum absolute atomic E-state index is 0.319. The maximum Gasteiger partial charge on any atom is 0.239 e. The van der Waals surface area contributed by atoms with E-state index >= 15 is 0 Å². The van der Waals surface area contributed by atoms with E-state index in [1.807, 2.05) is 18.2 Å². The number of hydrogen-bond donors (Lipinski definition) is 3. The molecule has 18 heavy (non-hydrogen) atoms. The van der Waals surface area contributed by atoms with E-state index in [-0.39, 0.29) is 0 Å². The van der Waals surface area contributed by atoms with Crippen LogP contribution in [0.1, 0.15) is 5.69 Å². The number of rotatable bonds is 5. The smallest absolute Gasteiger partial charge is 0.239 e. The van der Waals surface area contributed by atoms with E-state index in [1.54, 1.807) is 6.20 Å². The minimum Gasteiger partial charge on any atom is -0.368 e. The number of hydrazine groups is 1. The van der Waals surface area contributed by atoms with Crippen LogP contribution < -0.4 is 16.6 Å². The number of pyridine rings is 1. The predicted octanol–water partition coefficient (Wildman–Crippen LogP) is 1.47. The van der Waals surface area contributed by atoms with E-state index in [4.69, 9.17) is 17.4 Å². The van der Waals surface area contributed by atoms with Gasteiger partial charge in [-0.25, -0.2) is 10.8 Å². The lowest BCUT2D eigenvalue weighted by molar-refractivity contribution is 0.950. The first-order valence-electron chi connectivity index (χ1n) is 5.42. The molecule has 6 nitrogen and oxygen atoms in total. The highest BCUT2D eigenvalue weighted by Gasteiger charge is 2.04. The first kappa shape index (κ1) is 12.5. The number of nitrogen functional groups attached to an aromatic ring is 1. The Morgan fingerprint density at radius 3 is 2.89 bits per heavy atom. The number of aromatic nitrogens is 3. The third-order valence-corrected chi connectivity index (χ3v) is 2.55. The minimum atomic E-state index is 0.319. The molecule has 94 valence electrons. The van der Waals surface area contributed by atoms with Crippen molar-refractivity contribution in [3.8, 4) is 0 Å². The van der Waals surface area contributed by atoms with Crippen LogP contribution in [0.2, 0.25) is 5.02 Å². The predicted molar refractivity (Wildman–Crippen MR) is 71.3 cm³/mol. The molecule has 0 saturated heterocycles. The molecule has 4 N–H and O–H groups in total. The van der Waals surface area contributed by atoms with Gasteiger partial charge in [-0.15, -0.1) is 0 Å². The van der Waals surface area contributed by atoms with Crippen molar-refractivity contribution in [2.24, 2.45) is 5.84 Å². The van der Waals surface area contributed by atoms with Gasteiger partial charge in [-0.2, -0.15) is 4.98 Å². The summed E-state index contributed by atoms with van der Waals surface area (Å²) in [5, 5.41) is 3.57. The zero-order chi connectivity index (χ0) is 12.8. The van der Waals surface area contributed by atoms with Crippen molar-refractivity contribution in [1.82, 2.24) is 15.0 Å². The molecule has 0 saturated carbocycles. The van der Waals surface area contributed by atoms with Crippen molar-refractivity contribution in [3.63, 3.8) is 0 Å². The third kappa shape index (κ3) is 3.28. The van der Waals surface area contributed by atoms with Gasteiger partial charge < -0.3 is 5.32 Å². The molecule has 0 aromatic carbocycles. The largest absolute Gasteiger partial charge is 0.368 e. The van der Waals surface area contributed by atoms with Gasteiger partial charge in [0.25, 0.3) is 0 Å². The second-order valence-electron chi connectivity index (χ2n) is 3.53. The van der Waals surface area contributed by atoms with Crippen LogP contribution in [0.5, 0.6) is 0 Å². The molecule has 2 rings (SSSR count). The Balaban J connectivity index is 1.94. The lowest BCUT2D eigenvalue weighted by Crippen LogP contribution is -2.13. The van der Waals surface area contributed by atoms with Gasteiger partial charge in [-0.3, -0.25) is 10.4 Å². The SMILES string of the molecule is NNc1ncc(Cl)c(NCCc2ccccn2)n1. The van der Waals surface area contributed by atoms with Gasteiger partial charge >= 0.3 is 0 Å². The normalized spacial score (nSPS) is 10.1. The molecule has 2 aromatic heterocycles. The molecule has 0 spiro atoms. The third-order valence-electron chi connectivity index (χ3n) is 2.27. The molecule has 2 heterocycles. The number of hydrogen-bond acceptors (Lipinski definition) is 6. The molecule has 0 fully saturated rings. The fraction of sp³-hybridized carbons (Fsp3) is 0.182. The summed E-state index contributed by atoms with van der Waals surface area (Å²) in [7, 11) is 0. The van der Waals surface area contributed by atoms with Crippen LogP contribution in [-0.2, 0) is 6.42 Å². The summed E-state index contributed by atoms with van der Waals surface area (Å²) in [5.41, 5.74) is 3.38. The first-order chi connectivity index (χ1) is 8.79. The van der Waals surface area contributed by atoms with Crippen LogP contribution in [0.15, 0.2) is 30.6 Å².